The van der Waals surface area contributed by atoms with Crippen molar-refractivity contribution in [3.8, 4) is 0 Å². The molecule has 184 valence electrons. The average molecular weight is 450 g/mol. The van der Waals surface area contributed by atoms with Crippen molar-refractivity contribution < 1.29 is 19.0 Å². The number of nitrogens with one attached hydrogen (secondary N) is 1. The predicted octanol–water partition coefficient (Wildman–Crippen LogP) is 7.03. The standard InChI is InChI=1S/C27H47NO4/c1-5-6-7-8-9-10-11-12-13-17-20-30-22-25(28-26(29)32-27(2,3)4)23-31-21-24-18-15-14-16-19-24/h14-16,18-19,25H,5-13,17,20-23H2,1-4H3,(H,28,29)/t25-/m1/s1. The van der Waals surface area contributed by atoms with Gasteiger partial charge in [-0.2, -0.15) is 0 Å². The van der Waals surface area contributed by atoms with Gasteiger partial charge in [-0.3, -0.25) is 0 Å². The molecule has 0 aromatic heterocycles. The van der Waals surface area contributed by atoms with E-state index in [9.17, 15) is 4.79 Å². The van der Waals surface area contributed by atoms with E-state index in [1.165, 1.54) is 57.8 Å². The van der Waals surface area contributed by atoms with E-state index in [0.29, 0.717) is 26.4 Å². The summed E-state index contributed by atoms with van der Waals surface area (Å²) >= 11 is 0. The van der Waals surface area contributed by atoms with Gasteiger partial charge in [0.1, 0.15) is 5.60 Å². The van der Waals surface area contributed by atoms with Crippen molar-refractivity contribution in [3.05, 3.63) is 35.9 Å². The number of amides is 1. The lowest BCUT2D eigenvalue weighted by Crippen LogP contribution is -2.44. The van der Waals surface area contributed by atoms with E-state index < -0.39 is 11.7 Å². The van der Waals surface area contributed by atoms with Crippen LogP contribution in [0.1, 0.15) is 97.5 Å². The maximum atomic E-state index is 12.2. The first-order chi connectivity index (χ1) is 15.4. The topological polar surface area (TPSA) is 56.8 Å². The number of hydrogen-bond acceptors (Lipinski definition) is 4. The lowest BCUT2D eigenvalue weighted by molar-refractivity contribution is 0.0255. The number of alkyl carbamates (subject to hydrolysis) is 1. The Balaban J connectivity index is 2.21. The fourth-order valence-electron chi connectivity index (χ4n) is 3.42. The van der Waals surface area contributed by atoms with Crippen molar-refractivity contribution >= 4 is 6.09 Å². The van der Waals surface area contributed by atoms with Gasteiger partial charge in [0.05, 0.1) is 25.9 Å². The number of carbonyl (C=O) groups is 1. The molecule has 1 amide bonds. The molecule has 0 saturated carbocycles. The highest BCUT2D eigenvalue weighted by Crippen LogP contribution is 2.11. The molecular formula is C27H47NO4. The van der Waals surface area contributed by atoms with Gasteiger partial charge >= 0.3 is 6.09 Å². The monoisotopic (exact) mass is 449 g/mol. The molecule has 5 nitrogen and oxygen atoms in total. The molecule has 5 heteroatoms. The molecular weight excluding hydrogens is 402 g/mol. The Kier molecular flexibility index (Phi) is 15.9. The molecule has 0 bridgehead atoms. The molecule has 0 aliphatic rings. The molecule has 0 unspecified atom stereocenters. The van der Waals surface area contributed by atoms with E-state index in [4.69, 9.17) is 14.2 Å². The van der Waals surface area contributed by atoms with Crippen molar-refractivity contribution in [2.75, 3.05) is 19.8 Å². The molecule has 0 radical (unpaired) electrons. The molecule has 32 heavy (non-hydrogen) atoms. The number of hydrogen-bond donors (Lipinski definition) is 1. The fraction of sp³-hybridized carbons (Fsp3) is 0.741. The normalized spacial score (nSPS) is 12.5. The molecule has 0 aliphatic heterocycles. The molecule has 1 aromatic carbocycles. The Morgan fingerprint density at radius 2 is 1.41 bits per heavy atom. The van der Waals surface area contributed by atoms with E-state index >= 15 is 0 Å². The van der Waals surface area contributed by atoms with Gasteiger partial charge in [0.15, 0.2) is 0 Å². The zero-order chi connectivity index (χ0) is 23.5. The van der Waals surface area contributed by atoms with Crippen LogP contribution in [-0.4, -0.2) is 37.6 Å². The zero-order valence-corrected chi connectivity index (χ0v) is 21.0. The highest BCUT2D eigenvalue weighted by molar-refractivity contribution is 5.68. The summed E-state index contributed by atoms with van der Waals surface area (Å²) in [5, 5.41) is 2.89. The van der Waals surface area contributed by atoms with Crippen LogP contribution in [0.5, 0.6) is 0 Å². The predicted molar refractivity (Wildman–Crippen MR) is 132 cm³/mol. The van der Waals surface area contributed by atoms with Crippen LogP contribution in [0.4, 0.5) is 4.79 Å². The molecule has 0 heterocycles. The van der Waals surface area contributed by atoms with Crippen molar-refractivity contribution in [2.24, 2.45) is 0 Å². The van der Waals surface area contributed by atoms with Crippen LogP contribution in [-0.2, 0) is 20.8 Å². The van der Waals surface area contributed by atoms with Crippen molar-refractivity contribution in [1.82, 2.24) is 5.32 Å². The molecule has 1 N–H and O–H groups in total. The number of unbranched alkanes of at least 4 members (excludes halogenated alkanes) is 9. The number of rotatable bonds is 18. The van der Waals surface area contributed by atoms with Crippen molar-refractivity contribution in [1.29, 1.82) is 0 Å². The highest BCUT2D eigenvalue weighted by Gasteiger charge is 2.20. The van der Waals surface area contributed by atoms with Gasteiger partial charge in [0.25, 0.3) is 0 Å². The first kappa shape index (κ1) is 28.4. The van der Waals surface area contributed by atoms with Gasteiger partial charge < -0.3 is 19.5 Å². The number of benzene rings is 1. The summed E-state index contributed by atoms with van der Waals surface area (Å²) in [6.07, 6.45) is 12.6. The molecule has 1 aromatic rings. The summed E-state index contributed by atoms with van der Waals surface area (Å²) in [6, 6.07) is 9.78. The van der Waals surface area contributed by atoms with Crippen molar-refractivity contribution in [2.45, 2.75) is 110 Å². The molecule has 0 fully saturated rings. The van der Waals surface area contributed by atoms with E-state index in [1.807, 2.05) is 51.1 Å². The Morgan fingerprint density at radius 1 is 0.844 bits per heavy atom. The summed E-state index contributed by atoms with van der Waals surface area (Å²) < 4.78 is 17.1. The summed E-state index contributed by atoms with van der Waals surface area (Å²) in [6.45, 7) is 9.85. The second-order valence-corrected chi connectivity index (χ2v) is 9.60. The fourth-order valence-corrected chi connectivity index (χ4v) is 3.42. The minimum absolute atomic E-state index is 0.239. The Labute approximate surface area is 196 Å². The van der Waals surface area contributed by atoms with Gasteiger partial charge in [0.2, 0.25) is 0 Å². The SMILES string of the molecule is CCCCCCCCCCCCOC[C@H](COCc1ccccc1)NC(=O)OC(C)(C)C. The molecule has 0 saturated heterocycles. The zero-order valence-electron chi connectivity index (χ0n) is 21.0. The van der Waals surface area contributed by atoms with E-state index in [0.717, 1.165) is 12.0 Å². The third-order valence-electron chi connectivity index (χ3n) is 5.11. The first-order valence-corrected chi connectivity index (χ1v) is 12.6. The third kappa shape index (κ3) is 17.0. The van der Waals surface area contributed by atoms with Gasteiger partial charge in [-0.15, -0.1) is 0 Å². The van der Waals surface area contributed by atoms with Crippen LogP contribution in [0.3, 0.4) is 0 Å². The Bertz CT molecular complexity index is 571. The lowest BCUT2D eigenvalue weighted by Gasteiger charge is -2.23. The second kappa shape index (κ2) is 17.9. The minimum Gasteiger partial charge on any atom is -0.444 e. The minimum atomic E-state index is -0.531. The molecule has 1 rings (SSSR count). The molecule has 0 spiro atoms. The largest absolute Gasteiger partial charge is 0.444 e. The van der Waals surface area contributed by atoms with Crippen LogP contribution in [0.2, 0.25) is 0 Å². The van der Waals surface area contributed by atoms with Crippen molar-refractivity contribution in [3.63, 3.8) is 0 Å². The summed E-state index contributed by atoms with van der Waals surface area (Å²) in [5.74, 6) is 0. The summed E-state index contributed by atoms with van der Waals surface area (Å²) in [4.78, 5) is 12.2. The van der Waals surface area contributed by atoms with Gasteiger partial charge in [0, 0.05) is 6.61 Å². The smallest absolute Gasteiger partial charge is 0.408 e. The molecule has 1 atom stereocenters. The average Bonchev–Trinajstić information content (AvgIpc) is 2.73. The first-order valence-electron chi connectivity index (χ1n) is 12.6. The number of ether oxygens (including phenoxy) is 3. The summed E-state index contributed by atoms with van der Waals surface area (Å²) in [5.41, 5.74) is 0.575. The quantitative estimate of drug-likeness (QED) is 0.244. The molecule has 0 aliphatic carbocycles. The Morgan fingerprint density at radius 3 is 2.00 bits per heavy atom. The van der Waals surface area contributed by atoms with Crippen LogP contribution < -0.4 is 5.32 Å². The third-order valence-corrected chi connectivity index (χ3v) is 5.11. The summed E-state index contributed by atoms with van der Waals surface area (Å²) in [7, 11) is 0. The van der Waals surface area contributed by atoms with E-state index in [1.54, 1.807) is 0 Å². The van der Waals surface area contributed by atoms with Gasteiger partial charge in [-0.25, -0.2) is 4.79 Å². The lowest BCUT2D eigenvalue weighted by atomic mass is 10.1. The Hall–Kier alpha value is -1.59. The van der Waals surface area contributed by atoms with E-state index in [2.05, 4.69) is 12.2 Å². The maximum Gasteiger partial charge on any atom is 0.408 e. The van der Waals surface area contributed by atoms with E-state index in [-0.39, 0.29) is 6.04 Å². The highest BCUT2D eigenvalue weighted by atomic mass is 16.6. The van der Waals surface area contributed by atoms with Crippen LogP contribution >= 0.6 is 0 Å². The van der Waals surface area contributed by atoms with Crippen LogP contribution in [0, 0.1) is 0 Å². The second-order valence-electron chi connectivity index (χ2n) is 9.60. The van der Waals surface area contributed by atoms with Crippen LogP contribution in [0.15, 0.2) is 30.3 Å². The van der Waals surface area contributed by atoms with Gasteiger partial charge in [-0.05, 0) is 32.8 Å². The maximum absolute atomic E-state index is 12.2. The number of carbonyl (C=O) groups excluding carboxylic acids is 1. The van der Waals surface area contributed by atoms with Crippen LogP contribution in [0.25, 0.3) is 0 Å². The van der Waals surface area contributed by atoms with Gasteiger partial charge in [-0.1, -0.05) is 95.0 Å².